The number of methoxy groups -OCH3 is 1. The third-order valence-corrected chi connectivity index (χ3v) is 3.60. The summed E-state index contributed by atoms with van der Waals surface area (Å²) in [5.41, 5.74) is 1.26. The quantitative estimate of drug-likeness (QED) is 0.683. The normalized spacial score (nSPS) is 11.1. The Hall–Kier alpha value is -1.52. The fourth-order valence-corrected chi connectivity index (χ4v) is 2.42. The van der Waals surface area contributed by atoms with Crippen LogP contribution in [0.3, 0.4) is 0 Å². The van der Waals surface area contributed by atoms with Crippen molar-refractivity contribution < 1.29 is 9.47 Å². The number of unbranched alkanes of at least 4 members (excludes halogenated alkanes) is 1. The molecule has 2 rings (SSSR count). The molecule has 0 atom stereocenters. The molecule has 0 aliphatic carbocycles. The predicted molar refractivity (Wildman–Crippen MR) is 87.1 cm³/mol. The molecule has 0 aliphatic rings. The van der Waals surface area contributed by atoms with Crippen LogP contribution in [-0.4, -0.2) is 38.0 Å². The molecule has 4 heteroatoms. The van der Waals surface area contributed by atoms with Crippen molar-refractivity contribution in [2.24, 2.45) is 0 Å². The van der Waals surface area contributed by atoms with Crippen molar-refractivity contribution in [2.45, 2.75) is 26.3 Å². The molecule has 1 N–H and O–H groups in total. The molecule has 1 aromatic carbocycles. The largest absolute Gasteiger partial charge is 0.497 e. The predicted octanol–water partition coefficient (Wildman–Crippen LogP) is 3.06. The monoisotopic (exact) mass is 290 g/mol. The Morgan fingerprint density at radius 3 is 2.86 bits per heavy atom. The number of hydrogen-bond donors (Lipinski definition) is 1. The number of nitrogens with zero attached hydrogens (tertiary/aromatic N) is 1. The lowest BCUT2D eigenvalue weighted by atomic mass is 10.2. The van der Waals surface area contributed by atoms with E-state index in [2.05, 4.69) is 34.3 Å². The van der Waals surface area contributed by atoms with Gasteiger partial charge < -0.3 is 19.4 Å². The van der Waals surface area contributed by atoms with E-state index in [1.807, 2.05) is 13.0 Å². The number of nitrogens with one attached hydrogen (secondary N) is 1. The summed E-state index contributed by atoms with van der Waals surface area (Å²) in [7, 11) is 1.70. The van der Waals surface area contributed by atoms with Crippen LogP contribution in [0.15, 0.2) is 30.5 Å². The molecule has 116 valence electrons. The lowest BCUT2D eigenvalue weighted by Gasteiger charge is -2.08. The second kappa shape index (κ2) is 8.70. The van der Waals surface area contributed by atoms with Crippen LogP contribution < -0.4 is 10.1 Å². The van der Waals surface area contributed by atoms with Gasteiger partial charge in [-0.25, -0.2) is 0 Å². The van der Waals surface area contributed by atoms with Gasteiger partial charge in [-0.1, -0.05) is 0 Å². The lowest BCUT2D eigenvalue weighted by molar-refractivity contribution is 0.143. The molecule has 0 aliphatic heterocycles. The summed E-state index contributed by atoms with van der Waals surface area (Å²) in [6.45, 7) is 6.77. The van der Waals surface area contributed by atoms with Gasteiger partial charge >= 0.3 is 0 Å². The van der Waals surface area contributed by atoms with Crippen LogP contribution in [0.2, 0.25) is 0 Å². The van der Waals surface area contributed by atoms with Gasteiger partial charge in [0, 0.05) is 43.4 Å². The molecular weight excluding hydrogens is 264 g/mol. The number of ether oxygens (including phenoxy) is 2. The first kappa shape index (κ1) is 15.9. The Balaban J connectivity index is 1.71. The van der Waals surface area contributed by atoms with Crippen LogP contribution in [-0.2, 0) is 11.3 Å². The van der Waals surface area contributed by atoms with Crippen LogP contribution in [0, 0.1) is 0 Å². The molecule has 0 bridgehead atoms. The molecule has 0 saturated carbocycles. The van der Waals surface area contributed by atoms with E-state index in [-0.39, 0.29) is 0 Å². The number of hydrogen-bond acceptors (Lipinski definition) is 3. The molecule has 4 nitrogen and oxygen atoms in total. The highest BCUT2D eigenvalue weighted by Crippen LogP contribution is 2.21. The van der Waals surface area contributed by atoms with Crippen molar-refractivity contribution in [1.82, 2.24) is 9.88 Å². The van der Waals surface area contributed by atoms with Crippen molar-refractivity contribution in [1.29, 1.82) is 0 Å². The van der Waals surface area contributed by atoms with Gasteiger partial charge in [0.05, 0.1) is 7.11 Å². The molecule has 1 aromatic heterocycles. The summed E-state index contributed by atoms with van der Waals surface area (Å²) >= 11 is 0. The Labute approximate surface area is 127 Å². The molecule has 2 aromatic rings. The van der Waals surface area contributed by atoms with Gasteiger partial charge in [0.1, 0.15) is 5.75 Å². The number of fused-ring (bicyclic) bond motifs is 1. The summed E-state index contributed by atoms with van der Waals surface area (Å²) in [6.07, 6.45) is 4.44. The Morgan fingerprint density at radius 1 is 1.14 bits per heavy atom. The van der Waals surface area contributed by atoms with Gasteiger partial charge in [0.2, 0.25) is 0 Å². The minimum atomic E-state index is 0.818. The minimum absolute atomic E-state index is 0.818. The maximum Gasteiger partial charge on any atom is 0.119 e. The summed E-state index contributed by atoms with van der Waals surface area (Å²) in [5.74, 6) is 0.910. The highest BCUT2D eigenvalue weighted by atomic mass is 16.5. The highest BCUT2D eigenvalue weighted by molar-refractivity contribution is 5.81. The fourth-order valence-electron chi connectivity index (χ4n) is 2.42. The highest BCUT2D eigenvalue weighted by Gasteiger charge is 2.02. The van der Waals surface area contributed by atoms with Gasteiger partial charge in [-0.05, 0) is 50.6 Å². The van der Waals surface area contributed by atoms with E-state index in [1.54, 1.807) is 7.11 Å². The summed E-state index contributed by atoms with van der Waals surface area (Å²) < 4.78 is 12.9. The zero-order valence-corrected chi connectivity index (χ0v) is 13.1. The summed E-state index contributed by atoms with van der Waals surface area (Å²) in [5, 5.41) is 4.71. The first-order valence-corrected chi connectivity index (χ1v) is 7.76. The van der Waals surface area contributed by atoms with Gasteiger partial charge in [0.15, 0.2) is 0 Å². The average molecular weight is 290 g/mol. The van der Waals surface area contributed by atoms with Crippen LogP contribution >= 0.6 is 0 Å². The van der Waals surface area contributed by atoms with Crippen molar-refractivity contribution in [3.8, 4) is 5.75 Å². The molecule has 1 heterocycles. The molecule has 0 amide bonds. The Bertz CT molecular complexity index is 537. The van der Waals surface area contributed by atoms with Crippen LogP contribution in [0.5, 0.6) is 5.75 Å². The van der Waals surface area contributed by atoms with E-state index < -0.39 is 0 Å². The van der Waals surface area contributed by atoms with Crippen LogP contribution in [0.1, 0.15) is 19.8 Å². The molecule has 0 radical (unpaired) electrons. The first-order chi connectivity index (χ1) is 10.3. The second-order valence-electron chi connectivity index (χ2n) is 5.09. The summed E-state index contributed by atoms with van der Waals surface area (Å²) in [4.78, 5) is 0. The van der Waals surface area contributed by atoms with E-state index in [9.17, 15) is 0 Å². The van der Waals surface area contributed by atoms with E-state index in [0.29, 0.717) is 0 Å². The standard InChI is InChI=1S/C17H26N2O2/c1-3-21-13-5-4-9-18-10-12-19-11-8-15-14-16(20-2)6-7-17(15)19/h6-8,11,14,18H,3-5,9-10,12-13H2,1-2H3. The zero-order valence-electron chi connectivity index (χ0n) is 13.1. The maximum absolute atomic E-state index is 5.32. The number of benzene rings is 1. The van der Waals surface area contributed by atoms with Crippen molar-refractivity contribution >= 4 is 10.9 Å². The molecular formula is C17H26N2O2. The molecule has 0 spiro atoms. The van der Waals surface area contributed by atoms with Crippen molar-refractivity contribution in [2.75, 3.05) is 33.4 Å². The average Bonchev–Trinajstić information content (AvgIpc) is 2.92. The van der Waals surface area contributed by atoms with Crippen molar-refractivity contribution in [3.63, 3.8) is 0 Å². The molecule has 0 saturated heterocycles. The van der Waals surface area contributed by atoms with Gasteiger partial charge in [0.25, 0.3) is 0 Å². The number of aromatic nitrogens is 1. The van der Waals surface area contributed by atoms with E-state index in [1.165, 1.54) is 17.3 Å². The fraction of sp³-hybridized carbons (Fsp3) is 0.529. The maximum atomic E-state index is 5.32. The first-order valence-electron chi connectivity index (χ1n) is 7.76. The summed E-state index contributed by atoms with van der Waals surface area (Å²) in [6, 6.07) is 8.35. The lowest BCUT2D eigenvalue weighted by Crippen LogP contribution is -2.21. The molecule has 0 unspecified atom stereocenters. The minimum Gasteiger partial charge on any atom is -0.497 e. The SMILES string of the molecule is CCOCCCCNCCn1ccc2cc(OC)ccc21. The van der Waals surface area contributed by atoms with Crippen LogP contribution in [0.25, 0.3) is 10.9 Å². The smallest absolute Gasteiger partial charge is 0.119 e. The van der Waals surface area contributed by atoms with Crippen LogP contribution in [0.4, 0.5) is 0 Å². The van der Waals surface area contributed by atoms with Gasteiger partial charge in [-0.15, -0.1) is 0 Å². The number of rotatable bonds is 10. The third kappa shape index (κ3) is 4.76. The van der Waals surface area contributed by atoms with Crippen molar-refractivity contribution in [3.05, 3.63) is 30.5 Å². The Kier molecular flexibility index (Phi) is 6.57. The van der Waals surface area contributed by atoms with Gasteiger partial charge in [-0.2, -0.15) is 0 Å². The second-order valence-corrected chi connectivity index (χ2v) is 5.09. The van der Waals surface area contributed by atoms with E-state index in [0.717, 1.165) is 45.0 Å². The topological polar surface area (TPSA) is 35.4 Å². The molecule has 0 fully saturated rings. The van der Waals surface area contributed by atoms with E-state index in [4.69, 9.17) is 9.47 Å². The van der Waals surface area contributed by atoms with Gasteiger partial charge in [-0.3, -0.25) is 0 Å². The Morgan fingerprint density at radius 2 is 2.05 bits per heavy atom. The molecule has 21 heavy (non-hydrogen) atoms. The third-order valence-electron chi connectivity index (χ3n) is 3.60. The zero-order chi connectivity index (χ0) is 14.9. The van der Waals surface area contributed by atoms with E-state index >= 15 is 0 Å².